The maximum Gasteiger partial charge on any atom is 0.411 e. The van der Waals surface area contributed by atoms with Gasteiger partial charge in [0.25, 0.3) is 5.91 Å². The fourth-order valence-corrected chi connectivity index (χ4v) is 4.53. The molecule has 0 fully saturated rings. The third-order valence-corrected chi connectivity index (χ3v) is 6.03. The summed E-state index contributed by atoms with van der Waals surface area (Å²) in [6.07, 6.45) is -3.52. The number of nitrogens with zero attached hydrogens (tertiary/aromatic N) is 2. The Morgan fingerprint density at radius 2 is 1.84 bits per heavy atom. The van der Waals surface area contributed by atoms with Gasteiger partial charge in [0.15, 0.2) is 5.13 Å². The van der Waals surface area contributed by atoms with Gasteiger partial charge in [0.2, 0.25) is 0 Å². The van der Waals surface area contributed by atoms with Crippen LogP contribution < -0.4 is 5.32 Å². The normalized spacial score (nSPS) is 14.2. The molecule has 0 radical (unpaired) electrons. The predicted octanol–water partition coefficient (Wildman–Crippen LogP) is 5.03. The minimum atomic E-state index is -4.36. The first-order chi connectivity index (χ1) is 15.4. The number of alkyl halides is 3. The summed E-state index contributed by atoms with van der Waals surface area (Å²) in [6.45, 7) is 1.12. The Morgan fingerprint density at radius 3 is 2.56 bits per heavy atom. The monoisotopic (exact) mass is 461 g/mol. The van der Waals surface area contributed by atoms with Crippen molar-refractivity contribution in [2.75, 3.05) is 18.5 Å². The summed E-state index contributed by atoms with van der Waals surface area (Å²) in [5, 5.41) is 3.39. The Labute approximate surface area is 187 Å². The van der Waals surface area contributed by atoms with Crippen LogP contribution in [0.2, 0.25) is 0 Å². The van der Waals surface area contributed by atoms with Gasteiger partial charge >= 0.3 is 6.18 Å². The Hall–Kier alpha value is -2.75. The van der Waals surface area contributed by atoms with Crippen molar-refractivity contribution in [2.45, 2.75) is 32.3 Å². The highest BCUT2D eigenvalue weighted by atomic mass is 32.1. The first kappa shape index (κ1) is 22.4. The van der Waals surface area contributed by atoms with E-state index < -0.39 is 12.8 Å². The summed E-state index contributed by atoms with van der Waals surface area (Å²) in [6, 6.07) is 16.6. The molecule has 0 unspecified atom stereocenters. The molecular formula is C23H22F3N3O2S. The second-order valence-corrected chi connectivity index (χ2v) is 8.68. The molecule has 1 aliphatic rings. The summed E-state index contributed by atoms with van der Waals surface area (Å²) >= 11 is 1.48. The first-order valence-electron chi connectivity index (χ1n) is 10.2. The summed E-state index contributed by atoms with van der Waals surface area (Å²) < 4.78 is 41.1. The molecule has 0 saturated carbocycles. The molecule has 0 bridgehead atoms. The minimum absolute atomic E-state index is 0.167. The number of rotatable bonds is 7. The first-order valence-corrected chi connectivity index (χ1v) is 11.0. The van der Waals surface area contributed by atoms with Gasteiger partial charge in [-0.25, -0.2) is 4.98 Å². The topological polar surface area (TPSA) is 54.5 Å². The van der Waals surface area contributed by atoms with Crippen LogP contribution in [0, 0.1) is 0 Å². The third-order valence-electron chi connectivity index (χ3n) is 5.03. The molecule has 32 heavy (non-hydrogen) atoms. The summed E-state index contributed by atoms with van der Waals surface area (Å²) in [4.78, 5) is 20.6. The van der Waals surface area contributed by atoms with Crippen LogP contribution in [0.3, 0.4) is 0 Å². The van der Waals surface area contributed by atoms with Crippen molar-refractivity contribution in [1.82, 2.24) is 9.88 Å². The summed E-state index contributed by atoms with van der Waals surface area (Å²) in [5.74, 6) is -0.306. The number of ether oxygens (including phenoxy) is 1. The van der Waals surface area contributed by atoms with Crippen LogP contribution in [0.1, 0.15) is 32.1 Å². The fourth-order valence-electron chi connectivity index (χ4n) is 3.48. The molecule has 1 N–H and O–H groups in total. The van der Waals surface area contributed by atoms with E-state index in [2.05, 4.69) is 32.1 Å². The van der Waals surface area contributed by atoms with Gasteiger partial charge in [-0.3, -0.25) is 15.0 Å². The van der Waals surface area contributed by atoms with E-state index in [0.717, 1.165) is 36.6 Å². The molecule has 4 rings (SSSR count). The van der Waals surface area contributed by atoms with Crippen molar-refractivity contribution in [3.63, 3.8) is 0 Å². The Bertz CT molecular complexity index is 1050. The van der Waals surface area contributed by atoms with Gasteiger partial charge in [-0.2, -0.15) is 13.2 Å². The molecular weight excluding hydrogens is 439 g/mol. The van der Waals surface area contributed by atoms with Crippen molar-refractivity contribution >= 4 is 22.4 Å². The number of nitrogens with one attached hydrogen (secondary N) is 1. The highest BCUT2D eigenvalue weighted by Crippen LogP contribution is 2.29. The van der Waals surface area contributed by atoms with Crippen LogP contribution in [0.15, 0.2) is 54.6 Å². The van der Waals surface area contributed by atoms with E-state index in [9.17, 15) is 18.0 Å². The van der Waals surface area contributed by atoms with E-state index in [4.69, 9.17) is 0 Å². The van der Waals surface area contributed by atoms with Crippen LogP contribution in [0.25, 0.3) is 0 Å². The lowest BCUT2D eigenvalue weighted by atomic mass is 10.1. The quantitative estimate of drug-likeness (QED) is 0.536. The van der Waals surface area contributed by atoms with Crippen LogP contribution in [-0.2, 0) is 30.9 Å². The van der Waals surface area contributed by atoms with E-state index >= 15 is 0 Å². The molecule has 9 heteroatoms. The van der Waals surface area contributed by atoms with Gasteiger partial charge in [0, 0.05) is 36.5 Å². The molecule has 1 aliphatic heterocycles. The van der Waals surface area contributed by atoms with E-state index in [0.29, 0.717) is 16.3 Å². The highest BCUT2D eigenvalue weighted by molar-refractivity contribution is 7.15. The third kappa shape index (κ3) is 6.15. The van der Waals surface area contributed by atoms with Crippen molar-refractivity contribution in [3.05, 3.63) is 81.9 Å². The smallest absolute Gasteiger partial charge is 0.367 e. The van der Waals surface area contributed by atoms with Crippen LogP contribution in [-0.4, -0.2) is 35.1 Å². The van der Waals surface area contributed by atoms with Crippen LogP contribution in [0.4, 0.5) is 18.3 Å². The highest BCUT2D eigenvalue weighted by Gasteiger charge is 2.27. The van der Waals surface area contributed by atoms with Crippen LogP contribution >= 0.6 is 11.3 Å². The summed E-state index contributed by atoms with van der Waals surface area (Å²) in [5.41, 5.74) is 3.26. The molecule has 1 aromatic heterocycles. The van der Waals surface area contributed by atoms with Gasteiger partial charge in [-0.05, 0) is 23.3 Å². The lowest BCUT2D eigenvalue weighted by Gasteiger charge is -2.25. The molecule has 2 heterocycles. The molecule has 5 nitrogen and oxygen atoms in total. The number of carbonyl (C=O) groups is 1. The van der Waals surface area contributed by atoms with Gasteiger partial charge in [0.1, 0.15) is 6.61 Å². The van der Waals surface area contributed by atoms with Crippen molar-refractivity contribution < 1.29 is 22.7 Å². The molecule has 0 spiro atoms. The SMILES string of the molecule is O=C(Nc1nc2c(s1)CN(Cc1ccccc1)CC2)c1ccc(COCC(F)(F)F)cc1. The molecule has 0 aliphatic carbocycles. The number of hydrogen-bond donors (Lipinski definition) is 1. The lowest BCUT2D eigenvalue weighted by molar-refractivity contribution is -0.176. The number of fused-ring (bicyclic) bond motifs is 1. The van der Waals surface area contributed by atoms with E-state index in [1.165, 1.54) is 16.9 Å². The maximum absolute atomic E-state index is 12.6. The average molecular weight is 462 g/mol. The number of amides is 1. The van der Waals surface area contributed by atoms with E-state index in [1.54, 1.807) is 24.3 Å². The lowest BCUT2D eigenvalue weighted by Crippen LogP contribution is -2.29. The van der Waals surface area contributed by atoms with E-state index in [1.807, 2.05) is 18.2 Å². The fraction of sp³-hybridized carbons (Fsp3) is 0.304. The zero-order valence-electron chi connectivity index (χ0n) is 17.2. The Balaban J connectivity index is 1.32. The Kier molecular flexibility index (Phi) is 6.88. The minimum Gasteiger partial charge on any atom is -0.367 e. The number of anilines is 1. The molecule has 168 valence electrons. The molecule has 3 aromatic rings. The predicted molar refractivity (Wildman–Crippen MR) is 116 cm³/mol. The summed E-state index contributed by atoms with van der Waals surface area (Å²) in [7, 11) is 0. The number of carbonyl (C=O) groups excluding carboxylic acids is 1. The zero-order valence-corrected chi connectivity index (χ0v) is 18.0. The van der Waals surface area contributed by atoms with E-state index in [-0.39, 0.29) is 12.5 Å². The van der Waals surface area contributed by atoms with Gasteiger partial charge < -0.3 is 4.74 Å². The van der Waals surface area contributed by atoms with Gasteiger partial charge in [-0.1, -0.05) is 42.5 Å². The van der Waals surface area contributed by atoms with Crippen molar-refractivity contribution in [2.24, 2.45) is 0 Å². The number of aromatic nitrogens is 1. The maximum atomic E-state index is 12.6. The average Bonchev–Trinajstić information content (AvgIpc) is 3.15. The largest absolute Gasteiger partial charge is 0.411 e. The Morgan fingerprint density at radius 1 is 1.09 bits per heavy atom. The standard InChI is InChI=1S/C23H22F3N3O2S/c24-23(25,26)15-31-14-17-6-8-18(9-7-17)21(30)28-22-27-19-10-11-29(13-20(19)32-22)12-16-4-2-1-3-5-16/h1-9H,10-15H2,(H,27,28,30). The van der Waals surface area contributed by atoms with Crippen molar-refractivity contribution in [1.29, 1.82) is 0 Å². The van der Waals surface area contributed by atoms with Crippen molar-refractivity contribution in [3.8, 4) is 0 Å². The molecule has 0 atom stereocenters. The molecule has 1 amide bonds. The molecule has 2 aromatic carbocycles. The van der Waals surface area contributed by atoms with Gasteiger partial charge in [-0.15, -0.1) is 11.3 Å². The van der Waals surface area contributed by atoms with Crippen LogP contribution in [0.5, 0.6) is 0 Å². The number of hydrogen-bond acceptors (Lipinski definition) is 5. The number of halogens is 3. The molecule has 0 saturated heterocycles. The number of benzene rings is 2. The zero-order chi connectivity index (χ0) is 22.6. The second kappa shape index (κ2) is 9.81. The second-order valence-electron chi connectivity index (χ2n) is 7.59. The van der Waals surface area contributed by atoms with Gasteiger partial charge in [0.05, 0.1) is 12.3 Å². The number of thiazole rings is 1.